The van der Waals surface area contributed by atoms with Gasteiger partial charge in [0.15, 0.2) is 17.5 Å². The molecule has 0 saturated carbocycles. The maximum absolute atomic E-state index is 6.29. The molecule has 0 aliphatic rings. The Bertz CT molecular complexity index is 3870. The Kier molecular flexibility index (Phi) is 6.82. The van der Waals surface area contributed by atoms with Crippen LogP contribution in [0, 0.1) is 0 Å². The molecular formula is C53H29N3O2S. The summed E-state index contributed by atoms with van der Waals surface area (Å²) in [5.41, 5.74) is 8.59. The highest BCUT2D eigenvalue weighted by molar-refractivity contribution is 7.25. The maximum Gasteiger partial charge on any atom is 0.164 e. The summed E-state index contributed by atoms with van der Waals surface area (Å²) < 4.78 is 15.0. The molecule has 0 bridgehead atoms. The largest absolute Gasteiger partial charge is 0.456 e. The van der Waals surface area contributed by atoms with Gasteiger partial charge in [-0.25, -0.2) is 15.0 Å². The third-order valence-electron chi connectivity index (χ3n) is 11.7. The smallest absolute Gasteiger partial charge is 0.164 e. The Hall–Kier alpha value is -7.67. The predicted octanol–water partition coefficient (Wildman–Crippen LogP) is 15.0. The second-order valence-electron chi connectivity index (χ2n) is 15.1. The zero-order valence-corrected chi connectivity index (χ0v) is 32.1. The van der Waals surface area contributed by atoms with Crippen LogP contribution >= 0.6 is 11.3 Å². The van der Waals surface area contributed by atoms with Crippen molar-refractivity contribution in [2.24, 2.45) is 0 Å². The molecule has 9 aromatic carbocycles. The van der Waals surface area contributed by atoms with E-state index in [1.54, 1.807) is 11.3 Å². The van der Waals surface area contributed by atoms with E-state index in [0.717, 1.165) is 98.6 Å². The van der Waals surface area contributed by atoms with E-state index in [-0.39, 0.29) is 0 Å². The molecule has 0 aliphatic heterocycles. The predicted molar refractivity (Wildman–Crippen MR) is 244 cm³/mol. The van der Waals surface area contributed by atoms with E-state index in [4.69, 9.17) is 23.8 Å². The van der Waals surface area contributed by atoms with Crippen molar-refractivity contribution >= 4 is 96.9 Å². The van der Waals surface area contributed by atoms with Crippen LogP contribution < -0.4 is 0 Å². The minimum Gasteiger partial charge on any atom is -0.456 e. The van der Waals surface area contributed by atoms with Crippen molar-refractivity contribution < 1.29 is 8.83 Å². The standard InChI is InChI=1S/C53H29N3O2S/c1-4-17-42-37(11-1)48-36(15-8-19-44(48)57-42)35-14-7-10-31-28-32(24-26-34(31)35)51-54-52(56-53(55-51)40-16-9-21-47-50(40)39-13-3-6-20-46(39)59-47)33-23-22-30-25-27-45-49(41(30)29-33)38-12-2-5-18-43(38)58-45/h1-29H. The van der Waals surface area contributed by atoms with Crippen molar-refractivity contribution in [1.29, 1.82) is 0 Å². The van der Waals surface area contributed by atoms with E-state index >= 15 is 0 Å². The fraction of sp³-hybridized carbons (Fsp3) is 0. The lowest BCUT2D eigenvalue weighted by Gasteiger charge is -2.12. The number of rotatable bonds is 4. The van der Waals surface area contributed by atoms with E-state index in [0.29, 0.717) is 17.5 Å². The zero-order valence-electron chi connectivity index (χ0n) is 31.3. The summed E-state index contributed by atoms with van der Waals surface area (Å²) in [6, 6.07) is 61.5. The van der Waals surface area contributed by atoms with Gasteiger partial charge in [-0.15, -0.1) is 11.3 Å². The van der Waals surface area contributed by atoms with Gasteiger partial charge in [-0.1, -0.05) is 127 Å². The Morgan fingerprint density at radius 3 is 1.76 bits per heavy atom. The van der Waals surface area contributed by atoms with E-state index in [1.165, 1.54) is 14.8 Å². The van der Waals surface area contributed by atoms with Gasteiger partial charge in [0.25, 0.3) is 0 Å². The molecule has 0 aliphatic carbocycles. The molecule has 0 unspecified atom stereocenters. The SMILES string of the molecule is c1cc(-c2cccc3oc4ccccc4c23)c2ccc(-c3nc(-c4ccc5ccc6oc7ccccc7c6c5c4)nc(-c4cccc5sc6ccccc6c45)n3)cc2c1. The van der Waals surface area contributed by atoms with Crippen LogP contribution in [0.4, 0.5) is 0 Å². The molecule has 6 heteroatoms. The van der Waals surface area contributed by atoms with Crippen LogP contribution in [0.1, 0.15) is 0 Å². The van der Waals surface area contributed by atoms with Crippen LogP contribution in [-0.4, -0.2) is 15.0 Å². The second kappa shape index (κ2) is 12.4. The lowest BCUT2D eigenvalue weighted by atomic mass is 9.94. The Balaban J connectivity index is 1.03. The number of nitrogens with zero attached hydrogens (tertiary/aromatic N) is 3. The number of para-hydroxylation sites is 2. The number of hydrogen-bond donors (Lipinski definition) is 0. The summed E-state index contributed by atoms with van der Waals surface area (Å²) in [5, 5.41) is 11.2. The fourth-order valence-corrected chi connectivity index (χ4v) is 10.2. The summed E-state index contributed by atoms with van der Waals surface area (Å²) in [6.07, 6.45) is 0. The molecule has 0 spiro atoms. The normalized spacial score (nSPS) is 12.1. The van der Waals surface area contributed by atoms with Crippen molar-refractivity contribution in [3.63, 3.8) is 0 Å². The average molecular weight is 772 g/mol. The van der Waals surface area contributed by atoms with Gasteiger partial charge in [-0.3, -0.25) is 0 Å². The lowest BCUT2D eigenvalue weighted by molar-refractivity contribution is 0.668. The molecule has 4 aromatic heterocycles. The van der Waals surface area contributed by atoms with Gasteiger partial charge in [-0.2, -0.15) is 0 Å². The molecule has 0 fully saturated rings. The summed E-state index contributed by atoms with van der Waals surface area (Å²) in [7, 11) is 0. The Morgan fingerprint density at radius 2 is 0.915 bits per heavy atom. The van der Waals surface area contributed by atoms with Gasteiger partial charge in [0.2, 0.25) is 0 Å². The highest BCUT2D eigenvalue weighted by Crippen LogP contribution is 2.42. The minimum absolute atomic E-state index is 0.612. The van der Waals surface area contributed by atoms with Crippen LogP contribution in [0.15, 0.2) is 185 Å². The summed E-state index contributed by atoms with van der Waals surface area (Å²) in [6.45, 7) is 0. The first-order valence-corrected chi connectivity index (χ1v) is 20.5. The minimum atomic E-state index is 0.612. The molecular weight excluding hydrogens is 743 g/mol. The van der Waals surface area contributed by atoms with Gasteiger partial charge in [0, 0.05) is 58.4 Å². The molecule has 13 aromatic rings. The van der Waals surface area contributed by atoms with Crippen molar-refractivity contribution in [2.45, 2.75) is 0 Å². The monoisotopic (exact) mass is 771 g/mol. The number of furan rings is 2. The van der Waals surface area contributed by atoms with Crippen LogP contribution in [0.5, 0.6) is 0 Å². The summed E-state index contributed by atoms with van der Waals surface area (Å²) in [4.78, 5) is 15.8. The summed E-state index contributed by atoms with van der Waals surface area (Å²) >= 11 is 1.79. The van der Waals surface area contributed by atoms with Crippen molar-refractivity contribution in [3.8, 4) is 45.3 Å². The van der Waals surface area contributed by atoms with Gasteiger partial charge < -0.3 is 8.83 Å². The topological polar surface area (TPSA) is 65.0 Å². The number of thiophene rings is 1. The van der Waals surface area contributed by atoms with Crippen LogP contribution in [0.2, 0.25) is 0 Å². The first-order chi connectivity index (χ1) is 29.2. The quantitative estimate of drug-likeness (QED) is 0.178. The van der Waals surface area contributed by atoms with Crippen molar-refractivity contribution in [1.82, 2.24) is 15.0 Å². The molecule has 4 heterocycles. The van der Waals surface area contributed by atoms with E-state index in [2.05, 4.69) is 146 Å². The summed E-state index contributed by atoms with van der Waals surface area (Å²) in [5.74, 6) is 1.86. The number of fused-ring (bicyclic) bond motifs is 12. The maximum atomic E-state index is 6.29. The third kappa shape index (κ3) is 4.94. The third-order valence-corrected chi connectivity index (χ3v) is 12.9. The highest BCUT2D eigenvalue weighted by Gasteiger charge is 2.20. The average Bonchev–Trinajstić information content (AvgIpc) is 4.00. The molecule has 5 nitrogen and oxygen atoms in total. The van der Waals surface area contributed by atoms with E-state index < -0.39 is 0 Å². The van der Waals surface area contributed by atoms with Gasteiger partial charge >= 0.3 is 0 Å². The highest BCUT2D eigenvalue weighted by atomic mass is 32.1. The Morgan fingerprint density at radius 1 is 0.322 bits per heavy atom. The second-order valence-corrected chi connectivity index (χ2v) is 16.2. The first kappa shape index (κ1) is 32.4. The molecule has 274 valence electrons. The molecule has 59 heavy (non-hydrogen) atoms. The fourth-order valence-electron chi connectivity index (χ4n) is 9.05. The van der Waals surface area contributed by atoms with Crippen LogP contribution in [-0.2, 0) is 0 Å². The number of benzene rings is 9. The first-order valence-electron chi connectivity index (χ1n) is 19.7. The number of aromatic nitrogens is 3. The van der Waals surface area contributed by atoms with Gasteiger partial charge in [-0.05, 0) is 81.2 Å². The molecule has 0 amide bonds. The Labute approximate surface area is 340 Å². The molecule has 13 rings (SSSR count). The van der Waals surface area contributed by atoms with Gasteiger partial charge in [0.1, 0.15) is 22.3 Å². The van der Waals surface area contributed by atoms with E-state index in [9.17, 15) is 0 Å². The molecule has 0 N–H and O–H groups in total. The van der Waals surface area contributed by atoms with Crippen LogP contribution in [0.3, 0.4) is 0 Å². The van der Waals surface area contributed by atoms with Crippen molar-refractivity contribution in [3.05, 3.63) is 176 Å². The molecule has 0 atom stereocenters. The lowest BCUT2D eigenvalue weighted by Crippen LogP contribution is -2.00. The van der Waals surface area contributed by atoms with Gasteiger partial charge in [0.05, 0.1) is 0 Å². The van der Waals surface area contributed by atoms with E-state index in [1.807, 2.05) is 30.3 Å². The van der Waals surface area contributed by atoms with Crippen molar-refractivity contribution in [2.75, 3.05) is 0 Å². The molecule has 0 radical (unpaired) electrons. The molecule has 0 saturated heterocycles. The zero-order chi connectivity index (χ0) is 38.6. The van der Waals surface area contributed by atoms with Crippen LogP contribution in [0.25, 0.3) is 131 Å². The number of hydrogen-bond acceptors (Lipinski definition) is 6.